The Morgan fingerprint density at radius 2 is 2.04 bits per heavy atom. The van der Waals surface area contributed by atoms with Gasteiger partial charge in [-0.15, -0.1) is 5.10 Å². The Bertz CT molecular complexity index is 851. The van der Waals surface area contributed by atoms with Gasteiger partial charge in [0, 0.05) is 41.6 Å². The zero-order valence-electron chi connectivity index (χ0n) is 15.4. The van der Waals surface area contributed by atoms with E-state index >= 15 is 0 Å². The van der Waals surface area contributed by atoms with Crippen LogP contribution in [-0.4, -0.2) is 62.5 Å². The van der Waals surface area contributed by atoms with Crippen molar-refractivity contribution in [2.24, 2.45) is 0 Å². The average molecular weight is 407 g/mol. The van der Waals surface area contributed by atoms with E-state index in [0.29, 0.717) is 49.1 Å². The van der Waals surface area contributed by atoms with Gasteiger partial charge in [0.1, 0.15) is 11.9 Å². The van der Waals surface area contributed by atoms with Crippen LogP contribution in [0.1, 0.15) is 12.8 Å². The van der Waals surface area contributed by atoms with Gasteiger partial charge in [-0.25, -0.2) is 13.9 Å². The maximum absolute atomic E-state index is 14.8. The molecule has 3 heterocycles. The number of anilines is 2. The largest absolute Gasteiger partial charge is 0.442 e. The smallest absolute Gasteiger partial charge is 0.414 e. The number of carbonyl (C=O) groups is 1. The summed E-state index contributed by atoms with van der Waals surface area (Å²) in [6.07, 6.45) is 3.94. The van der Waals surface area contributed by atoms with Crippen molar-refractivity contribution in [3.8, 4) is 0 Å². The molecule has 1 aromatic heterocycles. The molecule has 2 saturated heterocycles. The zero-order valence-corrected chi connectivity index (χ0v) is 16.2. The Morgan fingerprint density at radius 1 is 1.25 bits per heavy atom. The molecule has 2 aromatic rings. The third-order valence-corrected chi connectivity index (χ3v) is 6.41. The summed E-state index contributed by atoms with van der Waals surface area (Å²) in [7, 11) is -0.759. The number of rotatable bonds is 4. The standard InChI is InChI=1S/C18H22FN5O3S/c19-16-11-14(3-4-17(16)22-6-1-9-28(26)10-2-7-22)24-13-15(27-18(24)25)12-23-8-5-20-21-23/h3-5,8,11,15H,1-2,6-7,9-10,12-13H2/t15-/m0/s1. The highest BCUT2D eigenvalue weighted by Gasteiger charge is 2.33. The second-order valence-corrected chi connectivity index (χ2v) is 8.62. The Kier molecular flexibility index (Phi) is 5.56. The molecule has 1 atom stereocenters. The number of benzene rings is 1. The Hall–Kier alpha value is -2.49. The maximum atomic E-state index is 14.8. The van der Waals surface area contributed by atoms with Crippen LogP contribution in [0, 0.1) is 5.82 Å². The summed E-state index contributed by atoms with van der Waals surface area (Å²) in [5, 5.41) is 7.60. The van der Waals surface area contributed by atoms with Crippen LogP contribution in [0.4, 0.5) is 20.6 Å². The highest BCUT2D eigenvalue weighted by atomic mass is 32.2. The minimum Gasteiger partial charge on any atom is -0.442 e. The van der Waals surface area contributed by atoms with Gasteiger partial charge in [-0.2, -0.15) is 0 Å². The van der Waals surface area contributed by atoms with E-state index < -0.39 is 16.9 Å². The first-order valence-electron chi connectivity index (χ1n) is 9.32. The molecule has 0 N–H and O–H groups in total. The molecule has 2 aliphatic rings. The van der Waals surface area contributed by atoms with Gasteiger partial charge < -0.3 is 9.64 Å². The van der Waals surface area contributed by atoms with Gasteiger partial charge in [0.15, 0.2) is 0 Å². The maximum Gasteiger partial charge on any atom is 0.414 e. The van der Waals surface area contributed by atoms with Crippen LogP contribution in [0.2, 0.25) is 0 Å². The summed E-state index contributed by atoms with van der Waals surface area (Å²) in [4.78, 5) is 15.6. The normalized spacial score (nSPS) is 21.5. The highest BCUT2D eigenvalue weighted by molar-refractivity contribution is 7.84. The molecule has 0 radical (unpaired) electrons. The van der Waals surface area contributed by atoms with Crippen LogP contribution in [0.3, 0.4) is 0 Å². The average Bonchev–Trinajstić information content (AvgIpc) is 3.28. The molecule has 28 heavy (non-hydrogen) atoms. The minimum absolute atomic E-state index is 0.326. The molecule has 0 unspecified atom stereocenters. The molecule has 0 spiro atoms. The number of halogens is 1. The Balaban J connectivity index is 1.45. The van der Waals surface area contributed by atoms with Crippen LogP contribution in [-0.2, 0) is 22.1 Å². The van der Waals surface area contributed by atoms with Crippen LogP contribution in [0.15, 0.2) is 30.6 Å². The van der Waals surface area contributed by atoms with E-state index in [4.69, 9.17) is 4.74 Å². The van der Waals surface area contributed by atoms with E-state index in [0.717, 1.165) is 12.8 Å². The summed E-state index contributed by atoms with van der Waals surface area (Å²) in [6, 6.07) is 4.83. The van der Waals surface area contributed by atoms with Crippen LogP contribution in [0.25, 0.3) is 0 Å². The van der Waals surface area contributed by atoms with E-state index in [1.54, 1.807) is 29.2 Å². The zero-order chi connectivity index (χ0) is 19.5. The molecule has 1 amide bonds. The van der Waals surface area contributed by atoms with Crippen molar-refractivity contribution in [2.75, 3.05) is 40.9 Å². The van der Waals surface area contributed by atoms with E-state index in [-0.39, 0.29) is 11.9 Å². The molecule has 0 aliphatic carbocycles. The van der Waals surface area contributed by atoms with E-state index in [2.05, 4.69) is 10.3 Å². The van der Waals surface area contributed by atoms with Gasteiger partial charge >= 0.3 is 6.09 Å². The first kappa shape index (κ1) is 18.9. The van der Waals surface area contributed by atoms with Crippen LogP contribution < -0.4 is 9.80 Å². The van der Waals surface area contributed by atoms with Gasteiger partial charge in [0.05, 0.1) is 30.7 Å². The Morgan fingerprint density at radius 3 is 2.71 bits per heavy atom. The fourth-order valence-corrected chi connectivity index (χ4v) is 4.68. The third kappa shape index (κ3) is 4.16. The van der Waals surface area contributed by atoms with Crippen molar-refractivity contribution in [2.45, 2.75) is 25.5 Å². The summed E-state index contributed by atoms with van der Waals surface area (Å²) >= 11 is 0. The molecule has 10 heteroatoms. The predicted octanol–water partition coefficient (Wildman–Crippen LogP) is 1.79. The van der Waals surface area contributed by atoms with E-state index in [1.807, 2.05) is 4.90 Å². The number of ether oxygens (including phenoxy) is 1. The van der Waals surface area contributed by atoms with Crippen molar-refractivity contribution in [3.05, 3.63) is 36.4 Å². The van der Waals surface area contributed by atoms with Gasteiger partial charge in [-0.1, -0.05) is 5.21 Å². The number of carbonyl (C=O) groups excluding carboxylic acids is 1. The lowest BCUT2D eigenvalue weighted by Gasteiger charge is -2.27. The predicted molar refractivity (Wildman–Crippen MR) is 103 cm³/mol. The molecule has 8 nitrogen and oxygen atoms in total. The van der Waals surface area contributed by atoms with E-state index in [1.165, 1.54) is 11.0 Å². The first-order valence-corrected chi connectivity index (χ1v) is 10.8. The summed E-state index contributed by atoms with van der Waals surface area (Å²) in [6.45, 7) is 2.08. The number of amides is 1. The molecule has 0 bridgehead atoms. The monoisotopic (exact) mass is 407 g/mol. The molecule has 0 saturated carbocycles. The SMILES string of the molecule is O=C1O[C@@H](Cn2ccnn2)CN1c1ccc(N2CCCS(=O)CCC2)c(F)c1. The molecular weight excluding hydrogens is 385 g/mol. The van der Waals surface area contributed by atoms with Crippen molar-refractivity contribution in [1.29, 1.82) is 0 Å². The third-order valence-electron chi connectivity index (χ3n) is 4.92. The highest BCUT2D eigenvalue weighted by Crippen LogP contribution is 2.29. The summed E-state index contributed by atoms with van der Waals surface area (Å²) < 4.78 is 33.4. The van der Waals surface area contributed by atoms with Gasteiger partial charge in [0.25, 0.3) is 0 Å². The van der Waals surface area contributed by atoms with Crippen molar-refractivity contribution in [3.63, 3.8) is 0 Å². The second-order valence-electron chi connectivity index (χ2n) is 6.92. The second kappa shape index (κ2) is 8.26. The Labute approximate surface area is 164 Å². The minimum atomic E-state index is -0.759. The van der Waals surface area contributed by atoms with E-state index in [9.17, 15) is 13.4 Å². The molecule has 2 fully saturated rings. The lowest BCUT2D eigenvalue weighted by Crippen LogP contribution is -2.31. The molecule has 150 valence electrons. The molecule has 1 aromatic carbocycles. The fraction of sp³-hybridized carbons (Fsp3) is 0.500. The number of cyclic esters (lactones) is 1. The van der Waals surface area contributed by atoms with Gasteiger partial charge in [-0.3, -0.25) is 9.11 Å². The van der Waals surface area contributed by atoms with Crippen molar-refractivity contribution >= 4 is 28.3 Å². The van der Waals surface area contributed by atoms with Gasteiger partial charge in [-0.05, 0) is 31.0 Å². The van der Waals surface area contributed by atoms with Crippen molar-refractivity contribution < 1.29 is 18.1 Å². The van der Waals surface area contributed by atoms with Crippen LogP contribution >= 0.6 is 0 Å². The fourth-order valence-electron chi connectivity index (χ4n) is 3.57. The molecule has 2 aliphatic heterocycles. The lowest BCUT2D eigenvalue weighted by molar-refractivity contribution is 0.129. The van der Waals surface area contributed by atoms with Crippen molar-refractivity contribution in [1.82, 2.24) is 15.0 Å². The number of nitrogens with zero attached hydrogens (tertiary/aromatic N) is 5. The topological polar surface area (TPSA) is 80.6 Å². The summed E-state index contributed by atoms with van der Waals surface area (Å²) in [5.41, 5.74) is 0.989. The number of aromatic nitrogens is 3. The number of hydrogen-bond acceptors (Lipinski definition) is 6. The first-order chi connectivity index (χ1) is 13.6. The molecular formula is C18H22FN5O3S. The summed E-state index contributed by atoms with van der Waals surface area (Å²) in [5.74, 6) is 0.943. The quantitative estimate of drug-likeness (QED) is 0.769. The molecule has 4 rings (SSSR count). The number of hydrogen-bond donors (Lipinski definition) is 0. The lowest BCUT2D eigenvalue weighted by atomic mass is 10.2. The van der Waals surface area contributed by atoms with Crippen LogP contribution in [0.5, 0.6) is 0 Å². The van der Waals surface area contributed by atoms with Gasteiger partial charge in [0.2, 0.25) is 0 Å².